The molecule has 1 amide bonds. The van der Waals surface area contributed by atoms with E-state index in [1.165, 1.54) is 6.92 Å². The number of nitrogens with one attached hydrogen (secondary N) is 2. The molecule has 17 heavy (non-hydrogen) atoms. The fraction of sp³-hybridized carbons (Fsp3) is 0.364. The summed E-state index contributed by atoms with van der Waals surface area (Å²) in [5.74, 6) is 0.288. The predicted molar refractivity (Wildman–Crippen MR) is 59.7 cm³/mol. The van der Waals surface area contributed by atoms with Crippen LogP contribution in [0.1, 0.15) is 6.92 Å². The third-order valence-electron chi connectivity index (χ3n) is 2.38. The molecule has 2 rings (SSSR count). The largest absolute Gasteiger partial charge is 0.482 e. The smallest absolute Gasteiger partial charge is 0.262 e. The summed E-state index contributed by atoms with van der Waals surface area (Å²) < 4.78 is 29.9. The maximum Gasteiger partial charge on any atom is 0.262 e. The van der Waals surface area contributed by atoms with Crippen molar-refractivity contribution in [3.8, 4) is 5.75 Å². The summed E-state index contributed by atoms with van der Waals surface area (Å²) in [6.45, 7) is 1.37. The van der Waals surface area contributed by atoms with Crippen LogP contribution in [0.3, 0.4) is 0 Å². The Balaban J connectivity index is 2.15. The standard InChI is InChI=1S/C11H12F2N2O2/c1-6(11(12)13)14-7-2-3-9-8(4-7)15-10(16)5-17-9/h2-4,6,11,14H,5H2,1H3,(H,15,16). The van der Waals surface area contributed by atoms with Gasteiger partial charge >= 0.3 is 0 Å². The number of hydrogen-bond donors (Lipinski definition) is 2. The maximum absolute atomic E-state index is 12.4. The van der Waals surface area contributed by atoms with Gasteiger partial charge in [-0.2, -0.15) is 0 Å². The molecule has 6 heteroatoms. The van der Waals surface area contributed by atoms with Crippen molar-refractivity contribution in [2.45, 2.75) is 19.4 Å². The lowest BCUT2D eigenvalue weighted by atomic mass is 10.2. The first kappa shape index (κ1) is 11.6. The highest BCUT2D eigenvalue weighted by Gasteiger charge is 2.18. The Hall–Kier alpha value is -1.85. The van der Waals surface area contributed by atoms with E-state index in [0.717, 1.165) is 0 Å². The zero-order valence-corrected chi connectivity index (χ0v) is 9.17. The lowest BCUT2D eigenvalue weighted by Gasteiger charge is -2.20. The Bertz CT molecular complexity index is 437. The van der Waals surface area contributed by atoms with Gasteiger partial charge in [0.05, 0.1) is 11.7 Å². The zero-order valence-electron chi connectivity index (χ0n) is 9.17. The average molecular weight is 242 g/mol. The minimum atomic E-state index is -2.45. The lowest BCUT2D eigenvalue weighted by molar-refractivity contribution is -0.118. The molecule has 0 spiro atoms. The van der Waals surface area contributed by atoms with E-state index in [0.29, 0.717) is 17.1 Å². The third kappa shape index (κ3) is 2.64. The second-order valence-electron chi connectivity index (χ2n) is 3.82. The van der Waals surface area contributed by atoms with Crippen LogP contribution in [0.4, 0.5) is 20.2 Å². The Labute approximate surface area is 97.0 Å². The number of alkyl halides is 2. The number of anilines is 2. The molecule has 1 aromatic rings. The molecule has 1 atom stereocenters. The van der Waals surface area contributed by atoms with E-state index in [1.807, 2.05) is 0 Å². The number of benzene rings is 1. The van der Waals surface area contributed by atoms with E-state index >= 15 is 0 Å². The Morgan fingerprint density at radius 2 is 2.24 bits per heavy atom. The maximum atomic E-state index is 12.4. The summed E-state index contributed by atoms with van der Waals surface area (Å²) in [6.07, 6.45) is -2.45. The Morgan fingerprint density at radius 3 is 2.94 bits per heavy atom. The molecular formula is C11H12F2N2O2. The van der Waals surface area contributed by atoms with Crippen molar-refractivity contribution in [2.24, 2.45) is 0 Å². The number of rotatable bonds is 3. The molecular weight excluding hydrogens is 230 g/mol. The Kier molecular flexibility index (Phi) is 3.12. The van der Waals surface area contributed by atoms with E-state index in [-0.39, 0.29) is 12.5 Å². The molecule has 1 aliphatic heterocycles. The van der Waals surface area contributed by atoms with E-state index in [2.05, 4.69) is 10.6 Å². The first-order valence-corrected chi connectivity index (χ1v) is 5.17. The molecule has 0 bridgehead atoms. The molecule has 92 valence electrons. The fourth-order valence-electron chi connectivity index (χ4n) is 1.50. The Morgan fingerprint density at radius 1 is 1.47 bits per heavy atom. The molecule has 0 aliphatic carbocycles. The minimum absolute atomic E-state index is 0.0206. The summed E-state index contributed by atoms with van der Waals surface area (Å²) in [7, 11) is 0. The van der Waals surface area contributed by atoms with Gasteiger partial charge in [-0.25, -0.2) is 8.78 Å². The van der Waals surface area contributed by atoms with Crippen LogP contribution in [0.25, 0.3) is 0 Å². The van der Waals surface area contributed by atoms with Crippen LogP contribution in [0.5, 0.6) is 5.75 Å². The summed E-state index contributed by atoms with van der Waals surface area (Å²) in [5, 5.41) is 5.26. The molecule has 0 fully saturated rings. The van der Waals surface area contributed by atoms with Crippen LogP contribution in [0.15, 0.2) is 18.2 Å². The van der Waals surface area contributed by atoms with Crippen LogP contribution in [-0.4, -0.2) is 25.0 Å². The van der Waals surface area contributed by atoms with Crippen molar-refractivity contribution >= 4 is 17.3 Å². The normalized spacial score (nSPS) is 15.9. The van der Waals surface area contributed by atoms with Gasteiger partial charge in [0.1, 0.15) is 5.75 Å². The molecule has 0 aromatic heterocycles. The van der Waals surface area contributed by atoms with E-state index < -0.39 is 12.5 Å². The van der Waals surface area contributed by atoms with Gasteiger partial charge in [-0.1, -0.05) is 0 Å². The molecule has 1 aromatic carbocycles. The zero-order chi connectivity index (χ0) is 12.4. The van der Waals surface area contributed by atoms with Crippen LogP contribution in [0.2, 0.25) is 0 Å². The third-order valence-corrected chi connectivity index (χ3v) is 2.38. The SMILES string of the molecule is CC(Nc1ccc2c(c1)NC(=O)CO2)C(F)F. The van der Waals surface area contributed by atoms with E-state index in [1.54, 1.807) is 18.2 Å². The van der Waals surface area contributed by atoms with Gasteiger partial charge in [-0.3, -0.25) is 4.79 Å². The van der Waals surface area contributed by atoms with Crippen molar-refractivity contribution in [3.05, 3.63) is 18.2 Å². The van der Waals surface area contributed by atoms with Crippen LogP contribution >= 0.6 is 0 Å². The van der Waals surface area contributed by atoms with Gasteiger partial charge in [-0.15, -0.1) is 0 Å². The van der Waals surface area contributed by atoms with Gasteiger partial charge in [0, 0.05) is 5.69 Å². The highest BCUT2D eigenvalue weighted by Crippen LogP contribution is 2.30. The summed E-state index contributed by atoms with van der Waals surface area (Å²) in [5.41, 5.74) is 1.01. The quantitative estimate of drug-likeness (QED) is 0.853. The van der Waals surface area contributed by atoms with Crippen molar-refractivity contribution in [1.82, 2.24) is 0 Å². The van der Waals surface area contributed by atoms with Crippen LogP contribution in [0, 0.1) is 0 Å². The summed E-state index contributed by atoms with van der Waals surface area (Å²) in [6, 6.07) is 3.89. The van der Waals surface area contributed by atoms with Crippen LogP contribution in [-0.2, 0) is 4.79 Å². The molecule has 4 nitrogen and oxygen atoms in total. The summed E-state index contributed by atoms with van der Waals surface area (Å²) in [4.78, 5) is 11.1. The molecule has 0 saturated carbocycles. The molecule has 1 heterocycles. The van der Waals surface area contributed by atoms with Crippen molar-refractivity contribution < 1.29 is 18.3 Å². The second-order valence-corrected chi connectivity index (χ2v) is 3.82. The van der Waals surface area contributed by atoms with Gasteiger partial charge in [0.25, 0.3) is 12.3 Å². The topological polar surface area (TPSA) is 50.4 Å². The van der Waals surface area contributed by atoms with Crippen molar-refractivity contribution in [3.63, 3.8) is 0 Å². The minimum Gasteiger partial charge on any atom is -0.482 e. The number of halogens is 2. The molecule has 0 radical (unpaired) electrons. The van der Waals surface area contributed by atoms with E-state index in [4.69, 9.17) is 4.74 Å². The second kappa shape index (κ2) is 4.57. The highest BCUT2D eigenvalue weighted by molar-refractivity contribution is 5.96. The molecule has 1 unspecified atom stereocenters. The first-order chi connectivity index (χ1) is 8.06. The number of hydrogen-bond acceptors (Lipinski definition) is 3. The number of amides is 1. The lowest BCUT2D eigenvalue weighted by Crippen LogP contribution is -2.26. The number of carbonyl (C=O) groups excluding carboxylic acids is 1. The predicted octanol–water partition coefficient (Wildman–Crippen LogP) is 2.08. The highest BCUT2D eigenvalue weighted by atomic mass is 19.3. The average Bonchev–Trinajstić information content (AvgIpc) is 2.28. The van der Waals surface area contributed by atoms with Gasteiger partial charge in [-0.05, 0) is 25.1 Å². The van der Waals surface area contributed by atoms with Crippen molar-refractivity contribution in [2.75, 3.05) is 17.2 Å². The van der Waals surface area contributed by atoms with E-state index in [9.17, 15) is 13.6 Å². The number of fused-ring (bicyclic) bond motifs is 1. The monoisotopic (exact) mass is 242 g/mol. The first-order valence-electron chi connectivity index (χ1n) is 5.17. The van der Waals surface area contributed by atoms with Gasteiger partial charge in [0.2, 0.25) is 0 Å². The molecule has 0 saturated heterocycles. The fourth-order valence-corrected chi connectivity index (χ4v) is 1.50. The summed E-state index contributed by atoms with van der Waals surface area (Å²) >= 11 is 0. The van der Waals surface area contributed by atoms with Crippen molar-refractivity contribution in [1.29, 1.82) is 0 Å². The van der Waals surface area contributed by atoms with Gasteiger partial charge in [0.15, 0.2) is 6.61 Å². The van der Waals surface area contributed by atoms with Crippen LogP contribution < -0.4 is 15.4 Å². The number of carbonyl (C=O) groups is 1. The molecule has 2 N–H and O–H groups in total. The molecule has 1 aliphatic rings. The number of ether oxygens (including phenoxy) is 1. The van der Waals surface area contributed by atoms with Gasteiger partial charge < -0.3 is 15.4 Å².